The maximum absolute atomic E-state index is 11.2. The van der Waals surface area contributed by atoms with Gasteiger partial charge in [0.1, 0.15) is 6.61 Å². The largest absolute Gasteiger partial charge is 0.495 e. The molecule has 0 amide bonds. The molecule has 0 bridgehead atoms. The topological polar surface area (TPSA) is 38.8 Å². The van der Waals surface area contributed by atoms with Crippen molar-refractivity contribution in [3.8, 4) is 0 Å². The molecule has 0 unspecified atom stereocenters. The Balaban J connectivity index is -0.0000000586. The summed E-state index contributed by atoms with van der Waals surface area (Å²) in [5.74, 6) is -5.17. The van der Waals surface area contributed by atoms with Crippen LogP contribution in [0.25, 0.3) is 0 Å². The van der Waals surface area contributed by atoms with E-state index in [1.165, 1.54) is 7.11 Å². The summed E-state index contributed by atoms with van der Waals surface area (Å²) in [4.78, 5) is 8.50. The molecule has 0 aromatic carbocycles. The van der Waals surface area contributed by atoms with Gasteiger partial charge in [-0.1, -0.05) is 22.3 Å². The Morgan fingerprint density at radius 1 is 0.771 bits per heavy atom. The normalized spacial score (nSPS) is 10.6. The fraction of sp³-hybridized carbons (Fsp3) is 0.933. The smallest absolute Gasteiger partial charge is 0.438 e. The highest BCUT2D eigenvalue weighted by molar-refractivity contribution is 5.57. The zero-order valence-corrected chi connectivity index (χ0v) is 15.4. The molecule has 0 aromatic rings. The number of alkyl halides is 15. The zero-order chi connectivity index (χ0) is 26.7. The lowest BCUT2D eigenvalue weighted by atomic mass is 10.4. The first kappa shape index (κ1) is 50.2. The maximum atomic E-state index is 11.2. The molecular weight excluding hydrogens is 546 g/mol. The van der Waals surface area contributed by atoms with Crippen molar-refractivity contribution >= 4 is 6.22 Å². The molecule has 20 heteroatoms. The average Bonchev–Trinajstić information content (AvgIpc) is 2.62. The summed E-state index contributed by atoms with van der Waals surface area (Å²) in [6.45, 7) is -10.7. The third kappa shape index (κ3) is 37.0. The molecule has 222 valence electrons. The van der Waals surface area contributed by atoms with Crippen LogP contribution >= 0.6 is 0 Å². The van der Waals surface area contributed by atoms with Crippen LogP contribution in [0.5, 0.6) is 0 Å². The van der Waals surface area contributed by atoms with Gasteiger partial charge in [0.05, 0.1) is 6.61 Å². The van der Waals surface area contributed by atoms with Crippen molar-refractivity contribution in [2.45, 2.75) is 60.3 Å². The second-order valence-electron chi connectivity index (χ2n) is 4.29. The standard InChI is InChI=1S/C4H7FO3.C3H2F6.C3H4F5N.C2H2F4.3CH4/c1-7-2-3-8-4(5)6;4-1(5)3(8,9)2(6)7;4-1-9(2(5)6)3(7)8;3-1-2(4,5)6;;;/h2-3H2,1H3;1-2H;2-3H,1H2;1H2;3*1H4. The second kappa shape index (κ2) is 26.9. The fourth-order valence-electron chi connectivity index (χ4n) is 0.490. The molecule has 35 heavy (non-hydrogen) atoms. The van der Waals surface area contributed by atoms with Crippen molar-refractivity contribution in [2.24, 2.45) is 0 Å². The Bertz CT molecular complexity index is 421. The summed E-state index contributed by atoms with van der Waals surface area (Å²) in [5.41, 5.74) is 0. The van der Waals surface area contributed by atoms with Crippen LogP contribution in [0, 0.1) is 0 Å². The quantitative estimate of drug-likeness (QED) is 0.128. The van der Waals surface area contributed by atoms with Crippen LogP contribution in [-0.2, 0) is 9.47 Å². The number of hydrogen-bond donors (Lipinski definition) is 0. The first-order valence-corrected chi connectivity index (χ1v) is 7.07. The summed E-state index contributed by atoms with van der Waals surface area (Å²) in [6, 6.07) is 0. The Hall–Kier alpha value is -1.73. The molecule has 0 saturated heterocycles. The Kier molecular flexibility index (Phi) is 38.5. The van der Waals surface area contributed by atoms with Crippen LogP contribution in [0.4, 0.5) is 75.0 Å². The minimum Gasteiger partial charge on any atom is -0.438 e. The summed E-state index contributed by atoms with van der Waals surface area (Å²) in [7, 11) is 1.44. The Labute approximate surface area is 191 Å². The summed E-state index contributed by atoms with van der Waals surface area (Å²) in [6.07, 6.45) is -15.0. The van der Waals surface area contributed by atoms with Crippen LogP contribution in [0.3, 0.4) is 0 Å². The third-order valence-electron chi connectivity index (χ3n) is 1.88. The van der Waals surface area contributed by atoms with E-state index in [1.54, 1.807) is 0 Å². The van der Waals surface area contributed by atoms with E-state index in [0.717, 1.165) is 0 Å². The fourth-order valence-corrected chi connectivity index (χ4v) is 0.490. The monoisotopic (exact) mass is 573 g/mol. The van der Waals surface area contributed by atoms with Gasteiger partial charge in [-0.15, -0.1) is 4.39 Å². The van der Waals surface area contributed by atoms with Crippen molar-refractivity contribution in [1.82, 2.24) is 4.90 Å². The number of methoxy groups -OCH3 is 1. The van der Waals surface area contributed by atoms with E-state index in [4.69, 9.17) is 0 Å². The number of ether oxygens (including phenoxy) is 2. The summed E-state index contributed by atoms with van der Waals surface area (Å²) in [5, 5.41) is 0. The van der Waals surface area contributed by atoms with Gasteiger partial charge in [0, 0.05) is 7.11 Å². The number of halogens is 16. The van der Waals surface area contributed by atoms with E-state index in [9.17, 15) is 75.0 Å². The molecule has 0 fully saturated rings. The minimum absolute atomic E-state index is 0. The molecule has 0 heterocycles. The Morgan fingerprint density at radius 2 is 1.09 bits per heavy atom. The average molecular weight is 573 g/mol. The number of rotatable bonds is 8. The van der Waals surface area contributed by atoms with Crippen molar-refractivity contribution in [1.29, 1.82) is 0 Å². The zero-order valence-electron chi connectivity index (χ0n) is 15.4. The van der Waals surface area contributed by atoms with E-state index >= 15 is 0 Å². The predicted molar refractivity (Wildman–Crippen MR) is 93.3 cm³/mol. The highest BCUT2D eigenvalue weighted by atomic mass is 19.4. The number of carbonyl (C=O) groups excluding carboxylic acids is 1. The molecule has 0 atom stereocenters. The lowest BCUT2D eigenvalue weighted by Gasteiger charge is -2.14. The van der Waals surface area contributed by atoms with E-state index in [0.29, 0.717) is 0 Å². The SMILES string of the molecule is C.C.C.COCCOC(=O)F.FC(F)C(F)(F)C(F)F.FCC(F)(F)F.FCN(C(F)F)C(F)F. The van der Waals surface area contributed by atoms with Crippen molar-refractivity contribution in [3.63, 3.8) is 0 Å². The molecule has 0 aliphatic rings. The van der Waals surface area contributed by atoms with Crippen molar-refractivity contribution in [2.75, 3.05) is 33.8 Å². The molecule has 4 nitrogen and oxygen atoms in total. The lowest BCUT2D eigenvalue weighted by Crippen LogP contribution is -2.34. The van der Waals surface area contributed by atoms with E-state index in [1.807, 2.05) is 0 Å². The first-order chi connectivity index (χ1) is 14.3. The van der Waals surface area contributed by atoms with Gasteiger partial charge < -0.3 is 9.47 Å². The van der Waals surface area contributed by atoms with Gasteiger partial charge >= 0.3 is 44.3 Å². The highest BCUT2D eigenvalue weighted by Gasteiger charge is 2.50. The van der Waals surface area contributed by atoms with Gasteiger partial charge in [-0.2, -0.15) is 44.4 Å². The van der Waals surface area contributed by atoms with Gasteiger partial charge in [-0.3, -0.25) is 0 Å². The Morgan fingerprint density at radius 3 is 1.17 bits per heavy atom. The van der Waals surface area contributed by atoms with Crippen molar-refractivity contribution in [3.05, 3.63) is 0 Å². The molecule has 0 rings (SSSR count). The van der Waals surface area contributed by atoms with Crippen LogP contribution in [0.1, 0.15) is 22.3 Å². The molecule has 0 aliphatic heterocycles. The maximum Gasteiger partial charge on any atom is 0.495 e. The van der Waals surface area contributed by atoms with Gasteiger partial charge in [-0.25, -0.2) is 31.1 Å². The van der Waals surface area contributed by atoms with Gasteiger partial charge in [-0.05, 0) is 0 Å². The lowest BCUT2D eigenvalue weighted by molar-refractivity contribution is -0.205. The number of hydrogen-bond acceptors (Lipinski definition) is 4. The van der Waals surface area contributed by atoms with Crippen LogP contribution in [0.15, 0.2) is 0 Å². The number of carbonyl (C=O) groups is 1. The van der Waals surface area contributed by atoms with Gasteiger partial charge in [0.25, 0.3) is 0 Å². The van der Waals surface area contributed by atoms with Crippen LogP contribution < -0.4 is 0 Å². The minimum atomic E-state index is -5.17. The summed E-state index contributed by atoms with van der Waals surface area (Å²) >= 11 is 0. The third-order valence-corrected chi connectivity index (χ3v) is 1.88. The van der Waals surface area contributed by atoms with Crippen LogP contribution in [-0.4, -0.2) is 83.0 Å². The molecule has 0 radical (unpaired) electrons. The molecule has 0 N–H and O–H groups in total. The van der Waals surface area contributed by atoms with E-state index in [-0.39, 0.29) is 35.5 Å². The highest BCUT2D eigenvalue weighted by Crippen LogP contribution is 2.29. The molecule has 0 aliphatic carbocycles. The molecule has 0 saturated carbocycles. The molecule has 0 spiro atoms. The van der Waals surface area contributed by atoms with Gasteiger partial charge in [0.2, 0.25) is 0 Å². The van der Waals surface area contributed by atoms with Crippen molar-refractivity contribution < 1.29 is 84.5 Å². The van der Waals surface area contributed by atoms with E-state index < -0.39 is 62.6 Å². The van der Waals surface area contributed by atoms with E-state index in [2.05, 4.69) is 9.47 Å². The van der Waals surface area contributed by atoms with Gasteiger partial charge in [0.15, 0.2) is 13.5 Å². The van der Waals surface area contributed by atoms with Crippen LogP contribution in [0.2, 0.25) is 0 Å². The molecule has 0 aromatic heterocycles. The predicted octanol–water partition coefficient (Wildman–Crippen LogP) is 7.98. The second-order valence-corrected chi connectivity index (χ2v) is 4.29. The summed E-state index contributed by atoms with van der Waals surface area (Å²) < 4.78 is 182. The first-order valence-electron chi connectivity index (χ1n) is 7.07. The number of nitrogens with zero attached hydrogens (tertiary/aromatic N) is 1. The molecular formula is C15H27F16NO3.